The van der Waals surface area contributed by atoms with Gasteiger partial charge in [0.05, 0.1) is 22.1 Å². The molecule has 7 aromatic rings. The van der Waals surface area contributed by atoms with Crippen molar-refractivity contribution in [1.29, 1.82) is 0 Å². The monoisotopic (exact) mass is 728 g/mol. The molecule has 0 aliphatic rings. The lowest BCUT2D eigenvalue weighted by Crippen LogP contribution is -2.13. The fourth-order valence-electron chi connectivity index (χ4n) is 6.09. The Morgan fingerprint density at radius 3 is 1.17 bits per heavy atom. The number of rotatable bonds is 2. The molecule has 0 saturated heterocycles. The molecule has 7 rings (SSSR count). The molecule has 0 radical (unpaired) electrons. The van der Waals surface area contributed by atoms with Crippen LogP contribution in [0.5, 0.6) is 0 Å². The lowest BCUT2D eigenvalue weighted by molar-refractivity contribution is 0.481. The van der Waals surface area contributed by atoms with E-state index in [1.54, 1.807) is 36.4 Å². The van der Waals surface area contributed by atoms with Crippen molar-refractivity contribution in [3.63, 3.8) is 0 Å². The Hall–Kier alpha value is -3.66. The third-order valence-electron chi connectivity index (χ3n) is 7.70. The Kier molecular flexibility index (Phi) is 5.48. The molecule has 10 nitrogen and oxygen atoms in total. The van der Waals surface area contributed by atoms with Crippen LogP contribution >= 0.6 is 31.9 Å². The Balaban J connectivity index is 2.05. The van der Waals surface area contributed by atoms with Crippen molar-refractivity contribution in [2.45, 2.75) is 9.79 Å². The number of hydrogen-bond acceptors (Lipinski definition) is 8. The zero-order valence-electron chi connectivity index (χ0n) is 20.7. The quantitative estimate of drug-likeness (QED) is 0.0776. The first-order valence-corrected chi connectivity index (χ1v) is 16.4. The van der Waals surface area contributed by atoms with Gasteiger partial charge in [0.2, 0.25) is 0 Å². The van der Waals surface area contributed by atoms with Crippen molar-refractivity contribution in [2.24, 2.45) is 0 Å². The molecule has 6 N–H and O–H groups in total. The molecule has 0 fully saturated rings. The van der Waals surface area contributed by atoms with Gasteiger partial charge in [0.1, 0.15) is 9.79 Å². The summed E-state index contributed by atoms with van der Waals surface area (Å²) in [6.45, 7) is 0. The predicted molar refractivity (Wildman–Crippen MR) is 170 cm³/mol. The van der Waals surface area contributed by atoms with Crippen molar-refractivity contribution in [2.75, 3.05) is 11.5 Å². The Morgan fingerprint density at radius 1 is 0.500 bits per heavy atom. The van der Waals surface area contributed by atoms with Gasteiger partial charge >= 0.3 is 0 Å². The predicted octanol–water partition coefficient (Wildman–Crippen LogP) is 5.38. The first kappa shape index (κ1) is 27.2. The van der Waals surface area contributed by atoms with Gasteiger partial charge in [-0.25, -0.2) is 0 Å². The first-order valence-electron chi connectivity index (χ1n) is 11.9. The van der Waals surface area contributed by atoms with Gasteiger partial charge in [0, 0.05) is 30.5 Å². The summed E-state index contributed by atoms with van der Waals surface area (Å²) >= 11 is 6.74. The SMILES string of the molecule is Nc1c(S(=O)(=O)O)cc2c3cc(S(=O)(=O)O)c(N)c4c(=O)c5cc(Br)ccc5c(c43)c3c4ccc(Br)cc4c(=O)c1c23. The van der Waals surface area contributed by atoms with E-state index in [9.17, 15) is 35.5 Å². The van der Waals surface area contributed by atoms with Gasteiger partial charge in [0.25, 0.3) is 20.2 Å². The fourth-order valence-corrected chi connectivity index (χ4v) is 8.11. The Labute approximate surface area is 251 Å². The molecule has 14 heteroatoms. The van der Waals surface area contributed by atoms with Gasteiger partial charge in [-0.05, 0) is 68.7 Å². The van der Waals surface area contributed by atoms with Crippen LogP contribution in [-0.2, 0) is 20.2 Å². The van der Waals surface area contributed by atoms with Gasteiger partial charge in [-0.1, -0.05) is 44.0 Å². The molecule has 42 heavy (non-hydrogen) atoms. The zero-order valence-corrected chi connectivity index (χ0v) is 25.5. The average molecular weight is 730 g/mol. The van der Waals surface area contributed by atoms with Crippen molar-refractivity contribution < 1.29 is 25.9 Å². The summed E-state index contributed by atoms with van der Waals surface area (Å²) in [5.41, 5.74) is 10.3. The maximum atomic E-state index is 14.0. The van der Waals surface area contributed by atoms with Crippen LogP contribution in [0, 0.1) is 0 Å². The van der Waals surface area contributed by atoms with E-state index in [4.69, 9.17) is 11.5 Å². The minimum Gasteiger partial charge on any atom is -0.397 e. The lowest BCUT2D eigenvalue weighted by Gasteiger charge is -2.21. The van der Waals surface area contributed by atoms with Crippen LogP contribution < -0.4 is 22.3 Å². The summed E-state index contributed by atoms with van der Waals surface area (Å²) in [5, 5.41) is 2.03. The van der Waals surface area contributed by atoms with Crippen LogP contribution in [0.1, 0.15) is 0 Å². The normalized spacial score (nSPS) is 13.0. The highest BCUT2D eigenvalue weighted by Gasteiger charge is 2.29. The van der Waals surface area contributed by atoms with E-state index < -0.39 is 52.3 Å². The van der Waals surface area contributed by atoms with E-state index in [-0.39, 0.29) is 43.1 Å². The average Bonchev–Trinajstić information content (AvgIpc) is 2.89. The van der Waals surface area contributed by atoms with Crippen LogP contribution in [0.4, 0.5) is 11.4 Å². The van der Waals surface area contributed by atoms with Gasteiger partial charge in [-0.15, -0.1) is 0 Å². The second kappa shape index (κ2) is 8.46. The second-order valence-corrected chi connectivity index (χ2v) is 14.5. The molecule has 0 heterocycles. The minimum absolute atomic E-state index is 0.00186. The maximum absolute atomic E-state index is 14.0. The fraction of sp³-hybridized carbons (Fsp3) is 0. The molecule has 0 amide bonds. The molecule has 0 unspecified atom stereocenters. The molecule has 0 saturated carbocycles. The van der Waals surface area contributed by atoms with Crippen molar-refractivity contribution in [1.82, 2.24) is 0 Å². The highest BCUT2D eigenvalue weighted by Crippen LogP contribution is 2.48. The molecule has 0 aromatic heterocycles. The van der Waals surface area contributed by atoms with Gasteiger partial charge in [-0.2, -0.15) is 16.8 Å². The molecule has 0 bridgehead atoms. The summed E-state index contributed by atoms with van der Waals surface area (Å²) in [5.74, 6) is 0. The number of fused-ring (bicyclic) bond motifs is 6. The topological polar surface area (TPSA) is 195 Å². The van der Waals surface area contributed by atoms with E-state index >= 15 is 0 Å². The largest absolute Gasteiger partial charge is 0.397 e. The van der Waals surface area contributed by atoms with Crippen LogP contribution in [0.25, 0.3) is 64.6 Å². The van der Waals surface area contributed by atoms with Crippen molar-refractivity contribution >= 4 is 128 Å². The van der Waals surface area contributed by atoms with E-state index in [2.05, 4.69) is 31.9 Å². The number of halogens is 2. The van der Waals surface area contributed by atoms with Crippen LogP contribution in [0.2, 0.25) is 0 Å². The minimum atomic E-state index is -5.00. The molecule has 0 spiro atoms. The van der Waals surface area contributed by atoms with E-state index in [0.717, 1.165) is 12.1 Å². The van der Waals surface area contributed by atoms with E-state index in [1.807, 2.05) is 0 Å². The van der Waals surface area contributed by atoms with Crippen molar-refractivity contribution in [3.8, 4) is 0 Å². The highest BCUT2D eigenvalue weighted by molar-refractivity contribution is 9.10. The van der Waals surface area contributed by atoms with Crippen LogP contribution in [0.15, 0.2) is 76.9 Å². The zero-order chi connectivity index (χ0) is 30.2. The third kappa shape index (κ3) is 3.47. The lowest BCUT2D eigenvalue weighted by atomic mass is 9.84. The Bertz CT molecular complexity index is 2580. The standard InChI is InChI=1S/C28H14Br2N2O8S2/c29-9-1-3-11-15(5-9)27(33)23-21-13(7-17(25(23)31)41(35,36)37)14-8-18(42(38,39)40)26(32)24-22(14)20(19(11)21)12-4-2-10(30)6-16(12)28(24)34/h1-8H,31-32H2,(H,35,36,37)(H,38,39,40). The Morgan fingerprint density at radius 2 is 0.833 bits per heavy atom. The first-order chi connectivity index (χ1) is 19.6. The summed E-state index contributed by atoms with van der Waals surface area (Å²) in [4.78, 5) is 26.4. The molecule has 7 aromatic carbocycles. The third-order valence-corrected chi connectivity index (χ3v) is 10.5. The van der Waals surface area contributed by atoms with Crippen LogP contribution in [0.3, 0.4) is 0 Å². The van der Waals surface area contributed by atoms with Crippen LogP contribution in [-0.4, -0.2) is 25.9 Å². The summed E-state index contributed by atoms with van der Waals surface area (Å²) in [7, 11) is -10.00. The van der Waals surface area contributed by atoms with Gasteiger partial charge < -0.3 is 11.5 Å². The maximum Gasteiger partial charge on any atom is 0.296 e. The number of hydrogen-bond donors (Lipinski definition) is 4. The number of nitrogens with two attached hydrogens (primary N) is 2. The second-order valence-electron chi connectivity index (χ2n) is 9.91. The summed E-state index contributed by atoms with van der Waals surface area (Å²) in [6, 6.07) is 12.0. The van der Waals surface area contributed by atoms with Crippen molar-refractivity contribution in [3.05, 3.63) is 77.9 Å². The molecule has 0 aliphatic heterocycles. The van der Waals surface area contributed by atoms with E-state index in [0.29, 0.717) is 30.5 Å². The smallest absolute Gasteiger partial charge is 0.296 e. The number of benzene rings is 7. The molecule has 0 aliphatic carbocycles. The van der Waals surface area contributed by atoms with Gasteiger partial charge in [-0.3, -0.25) is 18.7 Å². The number of nitrogen functional groups attached to an aromatic ring is 2. The molecular formula is C28H14Br2N2O8S2. The molecular weight excluding hydrogens is 716 g/mol. The van der Waals surface area contributed by atoms with Gasteiger partial charge in [0.15, 0.2) is 10.9 Å². The summed E-state index contributed by atoms with van der Waals surface area (Å²) < 4.78 is 71.2. The molecule has 210 valence electrons. The summed E-state index contributed by atoms with van der Waals surface area (Å²) in [6.07, 6.45) is 0. The van der Waals surface area contributed by atoms with E-state index in [1.165, 1.54) is 0 Å². The molecule has 0 atom stereocenters. The number of anilines is 2. The highest BCUT2D eigenvalue weighted by atomic mass is 79.9.